The van der Waals surface area contributed by atoms with Gasteiger partial charge in [-0.05, 0) is 17.6 Å². The maximum Gasteiger partial charge on any atom is 0.290 e. The summed E-state index contributed by atoms with van der Waals surface area (Å²) in [7, 11) is -3.56. The Hall–Kier alpha value is -1.13. The zero-order valence-electron chi connectivity index (χ0n) is 9.46. The number of hydrogen-bond acceptors (Lipinski definition) is 3. The first kappa shape index (κ1) is 12.9. The first-order valence-corrected chi connectivity index (χ1v) is 6.59. The van der Waals surface area contributed by atoms with Crippen LogP contribution in [0.5, 0.6) is 0 Å². The highest BCUT2D eigenvalue weighted by Gasteiger charge is 2.06. The molecular weight excluding hydrogens is 224 g/mol. The van der Waals surface area contributed by atoms with Crippen molar-refractivity contribution in [2.24, 2.45) is 5.92 Å². The van der Waals surface area contributed by atoms with Crippen molar-refractivity contribution >= 4 is 16.2 Å². The van der Waals surface area contributed by atoms with E-state index in [0.717, 1.165) is 11.0 Å². The van der Waals surface area contributed by atoms with Crippen LogP contribution in [0.1, 0.15) is 19.4 Å². The Morgan fingerprint density at radius 1 is 1.25 bits per heavy atom. The first-order chi connectivity index (χ1) is 7.49. The summed E-state index contributed by atoms with van der Waals surface area (Å²) in [6, 6.07) is 9.23. The lowest BCUT2D eigenvalue weighted by Gasteiger charge is -2.03. The van der Waals surface area contributed by atoms with Crippen LogP contribution in [0.4, 0.5) is 0 Å². The predicted octanol–water partition coefficient (Wildman–Crippen LogP) is 2.66. The van der Waals surface area contributed by atoms with E-state index in [0.29, 0.717) is 0 Å². The van der Waals surface area contributed by atoms with Crippen LogP contribution in [-0.2, 0) is 14.3 Å². The zero-order chi connectivity index (χ0) is 12.0. The Balaban J connectivity index is 2.63. The van der Waals surface area contributed by atoms with E-state index in [4.69, 9.17) is 4.18 Å². The molecule has 0 radical (unpaired) electrons. The van der Waals surface area contributed by atoms with Gasteiger partial charge in [0.1, 0.15) is 0 Å². The molecule has 0 aliphatic rings. The third-order valence-electron chi connectivity index (χ3n) is 1.79. The minimum absolute atomic E-state index is 0.194. The summed E-state index contributed by atoms with van der Waals surface area (Å²) in [6.07, 6.45) is 1.52. The van der Waals surface area contributed by atoms with Gasteiger partial charge in [-0.25, -0.2) is 0 Å². The smallest absolute Gasteiger partial charge is 0.267 e. The largest absolute Gasteiger partial charge is 0.290 e. The van der Waals surface area contributed by atoms with Crippen molar-refractivity contribution < 1.29 is 12.6 Å². The average molecular weight is 240 g/mol. The average Bonchev–Trinajstić information content (AvgIpc) is 2.26. The van der Waals surface area contributed by atoms with Crippen molar-refractivity contribution in [3.63, 3.8) is 0 Å². The molecule has 0 aromatic heterocycles. The SMILES string of the molecule is CC(C)COS(=O)(=O)/C=C/c1ccccc1. The van der Waals surface area contributed by atoms with Crippen LogP contribution in [0.2, 0.25) is 0 Å². The minimum Gasteiger partial charge on any atom is -0.267 e. The van der Waals surface area contributed by atoms with Crippen molar-refractivity contribution in [3.05, 3.63) is 41.3 Å². The van der Waals surface area contributed by atoms with Gasteiger partial charge >= 0.3 is 0 Å². The molecule has 0 atom stereocenters. The van der Waals surface area contributed by atoms with Crippen LogP contribution in [-0.4, -0.2) is 15.0 Å². The van der Waals surface area contributed by atoms with Gasteiger partial charge in [-0.3, -0.25) is 4.18 Å². The molecule has 0 aliphatic heterocycles. The minimum atomic E-state index is -3.56. The molecule has 0 saturated heterocycles. The van der Waals surface area contributed by atoms with Crippen LogP contribution in [0.25, 0.3) is 6.08 Å². The summed E-state index contributed by atoms with van der Waals surface area (Å²) < 4.78 is 27.6. The lowest BCUT2D eigenvalue weighted by molar-refractivity contribution is 0.280. The molecule has 1 aromatic rings. The van der Waals surface area contributed by atoms with Crippen molar-refractivity contribution in [2.45, 2.75) is 13.8 Å². The van der Waals surface area contributed by atoms with E-state index in [1.807, 2.05) is 44.2 Å². The molecule has 4 heteroatoms. The second-order valence-electron chi connectivity index (χ2n) is 3.88. The van der Waals surface area contributed by atoms with E-state index in [1.54, 1.807) is 0 Å². The monoisotopic (exact) mass is 240 g/mol. The van der Waals surface area contributed by atoms with Gasteiger partial charge in [0.2, 0.25) is 0 Å². The number of benzene rings is 1. The third kappa shape index (κ3) is 5.09. The van der Waals surface area contributed by atoms with Crippen LogP contribution in [0.15, 0.2) is 35.7 Å². The van der Waals surface area contributed by atoms with E-state index in [-0.39, 0.29) is 12.5 Å². The summed E-state index contributed by atoms with van der Waals surface area (Å²) >= 11 is 0. The Morgan fingerprint density at radius 2 is 1.88 bits per heavy atom. The molecular formula is C12H16O3S. The quantitative estimate of drug-likeness (QED) is 0.743. The van der Waals surface area contributed by atoms with Crippen LogP contribution >= 0.6 is 0 Å². The highest BCUT2D eigenvalue weighted by molar-refractivity contribution is 7.89. The summed E-state index contributed by atoms with van der Waals surface area (Å²) in [5, 5.41) is 1.09. The third-order valence-corrected chi connectivity index (χ3v) is 2.73. The summed E-state index contributed by atoms with van der Waals surface area (Å²) in [5.74, 6) is 0.194. The molecule has 3 nitrogen and oxygen atoms in total. The van der Waals surface area contributed by atoms with Gasteiger partial charge in [0.25, 0.3) is 10.1 Å². The first-order valence-electron chi connectivity index (χ1n) is 5.12. The van der Waals surface area contributed by atoms with Crippen LogP contribution in [0, 0.1) is 5.92 Å². The summed E-state index contributed by atoms with van der Waals surface area (Å²) in [5.41, 5.74) is 0.833. The Kier molecular flexibility index (Phi) is 4.71. The fourth-order valence-corrected chi connectivity index (χ4v) is 1.86. The van der Waals surface area contributed by atoms with Gasteiger partial charge < -0.3 is 0 Å². The normalized spacial score (nSPS) is 12.4. The van der Waals surface area contributed by atoms with E-state index in [2.05, 4.69) is 0 Å². The van der Waals surface area contributed by atoms with Gasteiger partial charge in [0.15, 0.2) is 0 Å². The molecule has 1 rings (SSSR count). The second-order valence-corrected chi connectivity index (χ2v) is 5.38. The van der Waals surface area contributed by atoms with Gasteiger partial charge in [-0.2, -0.15) is 8.42 Å². The number of rotatable bonds is 5. The van der Waals surface area contributed by atoms with Gasteiger partial charge in [-0.15, -0.1) is 0 Å². The fourth-order valence-electron chi connectivity index (χ4n) is 0.996. The van der Waals surface area contributed by atoms with Crippen LogP contribution < -0.4 is 0 Å². The standard InChI is InChI=1S/C12H16O3S/c1-11(2)10-15-16(13,14)9-8-12-6-4-3-5-7-12/h3-9,11H,10H2,1-2H3/b9-8+. The van der Waals surface area contributed by atoms with Crippen molar-refractivity contribution in [2.75, 3.05) is 6.61 Å². The molecule has 0 saturated carbocycles. The molecule has 0 spiro atoms. The molecule has 0 aliphatic carbocycles. The van der Waals surface area contributed by atoms with Crippen LogP contribution in [0.3, 0.4) is 0 Å². The van der Waals surface area contributed by atoms with Gasteiger partial charge in [0.05, 0.1) is 12.0 Å². The Morgan fingerprint density at radius 3 is 2.44 bits per heavy atom. The van der Waals surface area contributed by atoms with E-state index >= 15 is 0 Å². The molecule has 0 N–H and O–H groups in total. The number of hydrogen-bond donors (Lipinski definition) is 0. The molecule has 16 heavy (non-hydrogen) atoms. The Bertz CT molecular complexity index is 433. The molecule has 0 heterocycles. The van der Waals surface area contributed by atoms with Gasteiger partial charge in [0, 0.05) is 0 Å². The van der Waals surface area contributed by atoms with E-state index in [1.165, 1.54) is 6.08 Å². The summed E-state index contributed by atoms with van der Waals surface area (Å²) in [4.78, 5) is 0. The molecule has 0 amide bonds. The second kappa shape index (κ2) is 5.82. The topological polar surface area (TPSA) is 43.4 Å². The molecule has 0 bridgehead atoms. The van der Waals surface area contributed by atoms with Crippen molar-refractivity contribution in [1.29, 1.82) is 0 Å². The fraction of sp³-hybridized carbons (Fsp3) is 0.333. The predicted molar refractivity (Wildman–Crippen MR) is 65.2 cm³/mol. The molecule has 0 fully saturated rings. The van der Waals surface area contributed by atoms with E-state index in [9.17, 15) is 8.42 Å². The summed E-state index contributed by atoms with van der Waals surface area (Å²) in [6.45, 7) is 4.01. The molecule has 1 aromatic carbocycles. The van der Waals surface area contributed by atoms with Crippen molar-refractivity contribution in [3.8, 4) is 0 Å². The highest BCUT2D eigenvalue weighted by Crippen LogP contribution is 2.06. The highest BCUT2D eigenvalue weighted by atomic mass is 32.2. The zero-order valence-corrected chi connectivity index (χ0v) is 10.3. The Labute approximate surface area is 96.9 Å². The van der Waals surface area contributed by atoms with Gasteiger partial charge in [-0.1, -0.05) is 44.2 Å². The maximum atomic E-state index is 11.4. The lowest BCUT2D eigenvalue weighted by Crippen LogP contribution is -2.07. The van der Waals surface area contributed by atoms with Crippen molar-refractivity contribution in [1.82, 2.24) is 0 Å². The molecule has 88 valence electrons. The maximum absolute atomic E-state index is 11.4. The molecule has 0 unspecified atom stereocenters. The van der Waals surface area contributed by atoms with E-state index < -0.39 is 10.1 Å². The lowest BCUT2D eigenvalue weighted by atomic mass is 10.2.